The van der Waals surface area contributed by atoms with Gasteiger partial charge in [-0.3, -0.25) is 4.98 Å². The molecule has 1 aromatic carbocycles. The van der Waals surface area contributed by atoms with Crippen LogP contribution >= 0.6 is 12.2 Å². The Morgan fingerprint density at radius 3 is 2.83 bits per heavy atom. The summed E-state index contributed by atoms with van der Waals surface area (Å²) in [7, 11) is 3.38. The number of H-pyrrole nitrogens is 1. The number of hydrogen-bond donors (Lipinski definition) is 2. The number of nitrogens with zero attached hydrogens (tertiary/aromatic N) is 2. The molecule has 0 amide bonds. The van der Waals surface area contributed by atoms with Crippen molar-refractivity contribution in [1.82, 2.24) is 20.2 Å². The second-order valence-corrected chi connectivity index (χ2v) is 7.24. The third kappa shape index (κ3) is 5.46. The zero-order valence-corrected chi connectivity index (χ0v) is 18.0. The maximum Gasteiger partial charge on any atom is 0.169 e. The van der Waals surface area contributed by atoms with Crippen molar-refractivity contribution >= 4 is 28.2 Å². The highest BCUT2D eigenvalue weighted by atomic mass is 32.1. The van der Waals surface area contributed by atoms with E-state index in [0.29, 0.717) is 24.8 Å². The highest BCUT2D eigenvalue weighted by Gasteiger charge is 2.15. The standard InChI is InChI=1S/C22H28N4O2S/c1-16-19(20-14-18(28-3)7-8-21(20)25-16)9-12-26(22(29)24-11-13-27-2)15-17-6-4-5-10-23-17/h4-8,10,14,25H,9,11-13,15H2,1-3H3,(H,24,29). The molecule has 0 aliphatic rings. The molecule has 0 fully saturated rings. The maximum atomic E-state index is 5.65. The van der Waals surface area contributed by atoms with Crippen LogP contribution in [0.15, 0.2) is 42.6 Å². The summed E-state index contributed by atoms with van der Waals surface area (Å²) in [6.45, 7) is 4.83. The first-order valence-corrected chi connectivity index (χ1v) is 10.1. The summed E-state index contributed by atoms with van der Waals surface area (Å²) in [5.41, 5.74) is 4.56. The van der Waals surface area contributed by atoms with Crippen LogP contribution in [-0.4, -0.2) is 53.9 Å². The van der Waals surface area contributed by atoms with E-state index in [4.69, 9.17) is 21.7 Å². The highest BCUT2D eigenvalue weighted by molar-refractivity contribution is 7.80. The molecule has 7 heteroatoms. The number of hydrogen-bond acceptors (Lipinski definition) is 4. The summed E-state index contributed by atoms with van der Waals surface area (Å²) in [6, 6.07) is 12.1. The molecule has 0 saturated carbocycles. The minimum Gasteiger partial charge on any atom is -0.497 e. The topological polar surface area (TPSA) is 62.4 Å². The van der Waals surface area contributed by atoms with Crippen molar-refractivity contribution in [2.75, 3.05) is 33.9 Å². The summed E-state index contributed by atoms with van der Waals surface area (Å²) in [6.07, 6.45) is 2.67. The second-order valence-electron chi connectivity index (χ2n) is 6.86. The van der Waals surface area contributed by atoms with Crippen LogP contribution in [0.25, 0.3) is 10.9 Å². The van der Waals surface area contributed by atoms with Crippen LogP contribution in [0.3, 0.4) is 0 Å². The number of aromatic nitrogens is 2. The van der Waals surface area contributed by atoms with Gasteiger partial charge in [-0.25, -0.2) is 0 Å². The van der Waals surface area contributed by atoms with Crippen molar-refractivity contribution in [2.45, 2.75) is 19.9 Å². The van der Waals surface area contributed by atoms with Gasteiger partial charge in [0.25, 0.3) is 0 Å². The van der Waals surface area contributed by atoms with Gasteiger partial charge in [-0.2, -0.15) is 0 Å². The van der Waals surface area contributed by atoms with Crippen LogP contribution in [0, 0.1) is 6.92 Å². The first-order valence-electron chi connectivity index (χ1n) is 9.69. The Morgan fingerprint density at radius 1 is 1.24 bits per heavy atom. The molecule has 2 N–H and O–H groups in total. The number of aromatic amines is 1. The lowest BCUT2D eigenvalue weighted by molar-refractivity contribution is 0.203. The summed E-state index contributed by atoms with van der Waals surface area (Å²) in [5, 5.41) is 5.18. The average molecular weight is 413 g/mol. The lowest BCUT2D eigenvalue weighted by Crippen LogP contribution is -2.41. The predicted molar refractivity (Wildman–Crippen MR) is 120 cm³/mol. The quantitative estimate of drug-likeness (QED) is 0.415. The summed E-state index contributed by atoms with van der Waals surface area (Å²) < 4.78 is 10.5. The second kappa shape index (κ2) is 10.2. The molecule has 0 spiro atoms. The molecule has 0 radical (unpaired) electrons. The van der Waals surface area contributed by atoms with Gasteiger partial charge in [-0.05, 0) is 61.5 Å². The Balaban J connectivity index is 1.77. The van der Waals surface area contributed by atoms with Crippen LogP contribution in [-0.2, 0) is 17.7 Å². The third-order valence-electron chi connectivity index (χ3n) is 4.91. The minimum atomic E-state index is 0.610. The number of aryl methyl sites for hydroxylation is 1. The molecule has 2 aromatic heterocycles. The van der Waals surface area contributed by atoms with Gasteiger partial charge in [0.2, 0.25) is 0 Å². The normalized spacial score (nSPS) is 10.9. The van der Waals surface area contributed by atoms with E-state index in [1.165, 1.54) is 16.6 Å². The number of nitrogens with one attached hydrogen (secondary N) is 2. The summed E-state index contributed by atoms with van der Waals surface area (Å²) >= 11 is 5.65. The average Bonchev–Trinajstić information content (AvgIpc) is 3.06. The maximum absolute atomic E-state index is 5.65. The van der Waals surface area contributed by atoms with Crippen LogP contribution in [0.4, 0.5) is 0 Å². The van der Waals surface area contributed by atoms with Crippen LogP contribution in [0.1, 0.15) is 17.0 Å². The number of ether oxygens (including phenoxy) is 2. The SMILES string of the molecule is COCCNC(=S)N(CCc1c(C)[nH]c2ccc(OC)cc12)Cc1ccccn1. The monoisotopic (exact) mass is 412 g/mol. The molecular formula is C22H28N4O2S. The first kappa shape index (κ1) is 21.1. The lowest BCUT2D eigenvalue weighted by atomic mass is 10.1. The van der Waals surface area contributed by atoms with Crippen molar-refractivity contribution in [3.05, 3.63) is 59.5 Å². The predicted octanol–water partition coefficient (Wildman–Crippen LogP) is 3.45. The smallest absolute Gasteiger partial charge is 0.169 e. The van der Waals surface area contributed by atoms with E-state index in [9.17, 15) is 0 Å². The molecule has 3 aromatic rings. The van der Waals surface area contributed by atoms with E-state index >= 15 is 0 Å². The Labute approximate surface area is 177 Å². The van der Waals surface area contributed by atoms with Crippen molar-refractivity contribution in [3.63, 3.8) is 0 Å². The van der Waals surface area contributed by atoms with Crippen LogP contribution in [0.2, 0.25) is 0 Å². The Morgan fingerprint density at radius 2 is 2.10 bits per heavy atom. The van der Waals surface area contributed by atoms with E-state index in [1.807, 2.05) is 30.5 Å². The summed E-state index contributed by atoms with van der Waals surface area (Å²) in [4.78, 5) is 10.1. The van der Waals surface area contributed by atoms with Gasteiger partial charge in [-0.1, -0.05) is 6.07 Å². The molecule has 0 aliphatic carbocycles. The van der Waals surface area contributed by atoms with Gasteiger partial charge in [0.15, 0.2) is 5.11 Å². The third-order valence-corrected chi connectivity index (χ3v) is 5.31. The van der Waals surface area contributed by atoms with Crippen molar-refractivity contribution in [1.29, 1.82) is 0 Å². The van der Waals surface area contributed by atoms with Gasteiger partial charge in [0, 0.05) is 43.0 Å². The Hall–Kier alpha value is -2.64. The van der Waals surface area contributed by atoms with E-state index in [0.717, 1.165) is 29.9 Å². The van der Waals surface area contributed by atoms with E-state index < -0.39 is 0 Å². The van der Waals surface area contributed by atoms with Crippen LogP contribution < -0.4 is 10.1 Å². The zero-order valence-electron chi connectivity index (χ0n) is 17.2. The number of benzene rings is 1. The Bertz CT molecular complexity index is 943. The number of thiocarbonyl (C=S) groups is 1. The Kier molecular flexibility index (Phi) is 7.43. The fourth-order valence-electron chi connectivity index (χ4n) is 3.37. The van der Waals surface area contributed by atoms with E-state index in [2.05, 4.69) is 39.2 Å². The lowest BCUT2D eigenvalue weighted by Gasteiger charge is -2.26. The largest absolute Gasteiger partial charge is 0.497 e. The van der Waals surface area contributed by atoms with E-state index in [-0.39, 0.29) is 0 Å². The van der Waals surface area contributed by atoms with Gasteiger partial charge < -0.3 is 24.7 Å². The molecule has 0 unspecified atom stereocenters. The fraction of sp³-hybridized carbons (Fsp3) is 0.364. The van der Waals surface area contributed by atoms with Gasteiger partial charge >= 0.3 is 0 Å². The number of rotatable bonds is 9. The highest BCUT2D eigenvalue weighted by Crippen LogP contribution is 2.27. The van der Waals surface area contributed by atoms with Gasteiger partial charge in [0.1, 0.15) is 5.75 Å². The molecule has 3 rings (SSSR count). The van der Waals surface area contributed by atoms with Crippen molar-refractivity contribution in [2.24, 2.45) is 0 Å². The molecule has 0 aliphatic heterocycles. The molecule has 154 valence electrons. The number of fused-ring (bicyclic) bond motifs is 1. The van der Waals surface area contributed by atoms with Gasteiger partial charge in [-0.15, -0.1) is 0 Å². The molecule has 29 heavy (non-hydrogen) atoms. The molecule has 0 atom stereocenters. The molecule has 0 saturated heterocycles. The zero-order chi connectivity index (χ0) is 20.6. The molecule has 2 heterocycles. The number of methoxy groups -OCH3 is 2. The van der Waals surface area contributed by atoms with Crippen LogP contribution in [0.5, 0.6) is 5.75 Å². The fourth-order valence-corrected chi connectivity index (χ4v) is 3.63. The first-order chi connectivity index (χ1) is 14.1. The van der Waals surface area contributed by atoms with Gasteiger partial charge in [0.05, 0.1) is 26.0 Å². The van der Waals surface area contributed by atoms with E-state index in [1.54, 1.807) is 14.2 Å². The molecule has 0 bridgehead atoms. The molecular weight excluding hydrogens is 384 g/mol. The van der Waals surface area contributed by atoms with Crippen molar-refractivity contribution in [3.8, 4) is 5.75 Å². The summed E-state index contributed by atoms with van der Waals surface area (Å²) in [5.74, 6) is 0.861. The molecule has 6 nitrogen and oxygen atoms in total. The van der Waals surface area contributed by atoms with Crippen molar-refractivity contribution < 1.29 is 9.47 Å². The number of pyridine rings is 1. The minimum absolute atomic E-state index is 0.610.